The van der Waals surface area contributed by atoms with Crippen LogP contribution < -0.4 is 10.2 Å². The number of rotatable bonds is 7. The van der Waals surface area contributed by atoms with E-state index in [0.29, 0.717) is 30.8 Å². The Morgan fingerprint density at radius 3 is 2.25 bits per heavy atom. The highest BCUT2D eigenvalue weighted by Gasteiger charge is 2.52. The van der Waals surface area contributed by atoms with Crippen molar-refractivity contribution in [3.8, 4) is 5.75 Å². The van der Waals surface area contributed by atoms with Crippen LogP contribution in [0.25, 0.3) is 0 Å². The van der Waals surface area contributed by atoms with Crippen LogP contribution >= 0.6 is 0 Å². The van der Waals surface area contributed by atoms with Gasteiger partial charge in [-0.25, -0.2) is 8.78 Å². The topological polar surface area (TPSA) is 36.9 Å². The van der Waals surface area contributed by atoms with E-state index in [4.69, 9.17) is 18.8 Å². The summed E-state index contributed by atoms with van der Waals surface area (Å²) in [6.45, 7) is 8.69. The molecule has 0 bridgehead atoms. The van der Waals surface area contributed by atoms with Crippen molar-refractivity contribution < 1.29 is 27.6 Å². The largest absolute Gasteiger partial charge is 0.498 e. The van der Waals surface area contributed by atoms with Gasteiger partial charge in [-0.2, -0.15) is 0 Å². The summed E-state index contributed by atoms with van der Waals surface area (Å²) in [6, 6.07) is 4.33. The molecule has 1 aliphatic rings. The minimum atomic E-state index is -2.56. The SMILES string of the molecule is COCCCOc1cc(C(F)F)ccc1B1OC(C)(C)C(C)(C)O1. The van der Waals surface area contributed by atoms with E-state index in [-0.39, 0.29) is 5.56 Å². The highest BCUT2D eigenvalue weighted by molar-refractivity contribution is 6.63. The molecule has 1 saturated heterocycles. The molecule has 0 aliphatic carbocycles. The molecular formula is C17H25BF2O4. The molecule has 0 atom stereocenters. The Bertz CT molecular complexity index is 548. The Morgan fingerprint density at radius 2 is 1.71 bits per heavy atom. The van der Waals surface area contributed by atoms with E-state index in [1.165, 1.54) is 12.1 Å². The molecule has 0 radical (unpaired) electrons. The minimum Gasteiger partial charge on any atom is -0.494 e. The molecule has 1 aromatic carbocycles. The standard InChI is InChI=1S/C17H25BF2O4/c1-16(2)17(3,4)24-18(23-16)13-8-7-12(15(19)20)11-14(13)22-10-6-9-21-5/h7-8,11,15H,6,9-10H2,1-5H3. The highest BCUT2D eigenvalue weighted by atomic mass is 19.3. The summed E-state index contributed by atoms with van der Waals surface area (Å²) in [7, 11) is 0.951. The third-order valence-electron chi connectivity index (χ3n) is 4.55. The zero-order chi connectivity index (χ0) is 18.0. The molecule has 1 aromatic rings. The van der Waals surface area contributed by atoms with E-state index in [1.807, 2.05) is 27.7 Å². The summed E-state index contributed by atoms with van der Waals surface area (Å²) in [5.41, 5.74) is -0.480. The summed E-state index contributed by atoms with van der Waals surface area (Å²) in [4.78, 5) is 0. The maximum Gasteiger partial charge on any atom is 0.498 e. The van der Waals surface area contributed by atoms with Crippen molar-refractivity contribution >= 4 is 12.6 Å². The predicted molar refractivity (Wildman–Crippen MR) is 89.1 cm³/mol. The lowest BCUT2D eigenvalue weighted by Gasteiger charge is -2.32. The van der Waals surface area contributed by atoms with Gasteiger partial charge in [0.15, 0.2) is 0 Å². The Morgan fingerprint density at radius 1 is 1.08 bits per heavy atom. The van der Waals surface area contributed by atoms with E-state index >= 15 is 0 Å². The number of ether oxygens (including phenoxy) is 2. The smallest absolute Gasteiger partial charge is 0.494 e. The molecule has 0 N–H and O–H groups in total. The molecule has 1 heterocycles. The summed E-state index contributed by atoms with van der Waals surface area (Å²) in [5, 5.41) is 0. The van der Waals surface area contributed by atoms with Crippen LogP contribution in [0.3, 0.4) is 0 Å². The maximum absolute atomic E-state index is 13.0. The molecule has 134 valence electrons. The molecule has 24 heavy (non-hydrogen) atoms. The average molecular weight is 342 g/mol. The normalized spacial score (nSPS) is 19.1. The minimum absolute atomic E-state index is 0.0861. The molecule has 0 amide bonds. The molecule has 1 aliphatic heterocycles. The summed E-state index contributed by atoms with van der Waals surface area (Å²) < 4.78 is 48.7. The van der Waals surface area contributed by atoms with E-state index in [1.54, 1.807) is 13.2 Å². The van der Waals surface area contributed by atoms with Crippen LogP contribution in [-0.2, 0) is 14.0 Å². The van der Waals surface area contributed by atoms with Crippen molar-refractivity contribution in [2.45, 2.75) is 51.7 Å². The lowest BCUT2D eigenvalue weighted by Crippen LogP contribution is -2.41. The molecule has 2 rings (SSSR count). The molecule has 7 heteroatoms. The van der Waals surface area contributed by atoms with Crippen molar-refractivity contribution in [2.24, 2.45) is 0 Å². The van der Waals surface area contributed by atoms with Crippen LogP contribution in [0.15, 0.2) is 18.2 Å². The van der Waals surface area contributed by atoms with E-state index in [2.05, 4.69) is 0 Å². The Hall–Kier alpha value is -1.18. The maximum atomic E-state index is 13.0. The number of halogens is 2. The zero-order valence-electron chi connectivity index (χ0n) is 14.9. The van der Waals surface area contributed by atoms with Gasteiger partial charge in [0.25, 0.3) is 6.43 Å². The van der Waals surface area contributed by atoms with Crippen molar-refractivity contribution in [1.82, 2.24) is 0 Å². The molecular weight excluding hydrogens is 317 g/mol. The van der Waals surface area contributed by atoms with Gasteiger partial charge >= 0.3 is 7.12 Å². The van der Waals surface area contributed by atoms with Gasteiger partial charge in [0, 0.05) is 31.2 Å². The fourth-order valence-corrected chi connectivity index (χ4v) is 2.36. The van der Waals surface area contributed by atoms with Crippen molar-refractivity contribution in [3.63, 3.8) is 0 Å². The third-order valence-corrected chi connectivity index (χ3v) is 4.55. The molecule has 0 unspecified atom stereocenters. The van der Waals surface area contributed by atoms with Gasteiger partial charge in [0.1, 0.15) is 5.75 Å². The van der Waals surface area contributed by atoms with Gasteiger partial charge in [-0.15, -0.1) is 0 Å². The van der Waals surface area contributed by atoms with Gasteiger partial charge in [-0.3, -0.25) is 0 Å². The predicted octanol–water partition coefficient (Wildman–Crippen LogP) is 3.34. The van der Waals surface area contributed by atoms with Crippen LogP contribution in [0, 0.1) is 0 Å². The summed E-state index contributed by atoms with van der Waals surface area (Å²) >= 11 is 0. The monoisotopic (exact) mass is 342 g/mol. The fourth-order valence-electron chi connectivity index (χ4n) is 2.36. The second-order valence-corrected chi connectivity index (χ2v) is 6.88. The average Bonchev–Trinajstić information content (AvgIpc) is 2.71. The first kappa shape index (κ1) is 19.2. The first-order valence-corrected chi connectivity index (χ1v) is 8.07. The first-order valence-electron chi connectivity index (χ1n) is 8.07. The second-order valence-electron chi connectivity index (χ2n) is 6.88. The zero-order valence-corrected chi connectivity index (χ0v) is 14.9. The lowest BCUT2D eigenvalue weighted by molar-refractivity contribution is 0.00578. The Balaban J connectivity index is 2.25. The molecule has 0 aromatic heterocycles. The van der Waals surface area contributed by atoms with Gasteiger partial charge in [0.05, 0.1) is 17.8 Å². The number of hydrogen-bond donors (Lipinski definition) is 0. The Kier molecular flexibility index (Phi) is 5.89. The number of hydrogen-bond acceptors (Lipinski definition) is 4. The van der Waals surface area contributed by atoms with Gasteiger partial charge < -0.3 is 18.8 Å². The third kappa shape index (κ3) is 4.07. The van der Waals surface area contributed by atoms with Crippen molar-refractivity contribution in [2.75, 3.05) is 20.3 Å². The van der Waals surface area contributed by atoms with Gasteiger partial charge in [0.2, 0.25) is 0 Å². The van der Waals surface area contributed by atoms with E-state index in [0.717, 1.165) is 0 Å². The van der Waals surface area contributed by atoms with Crippen LogP contribution in [-0.4, -0.2) is 38.6 Å². The van der Waals surface area contributed by atoms with E-state index < -0.39 is 24.7 Å². The molecule has 0 saturated carbocycles. The fraction of sp³-hybridized carbons (Fsp3) is 0.647. The van der Waals surface area contributed by atoms with Crippen molar-refractivity contribution in [3.05, 3.63) is 23.8 Å². The highest BCUT2D eigenvalue weighted by Crippen LogP contribution is 2.37. The van der Waals surface area contributed by atoms with Crippen LogP contribution in [0.5, 0.6) is 5.75 Å². The second kappa shape index (κ2) is 7.37. The molecule has 0 spiro atoms. The van der Waals surface area contributed by atoms with Gasteiger partial charge in [-0.1, -0.05) is 12.1 Å². The van der Waals surface area contributed by atoms with Crippen molar-refractivity contribution in [1.29, 1.82) is 0 Å². The first-order chi connectivity index (χ1) is 11.2. The lowest BCUT2D eigenvalue weighted by atomic mass is 9.78. The van der Waals surface area contributed by atoms with Crippen LogP contribution in [0.1, 0.15) is 46.1 Å². The number of methoxy groups -OCH3 is 1. The number of alkyl halides is 2. The molecule has 4 nitrogen and oxygen atoms in total. The molecule has 1 fully saturated rings. The Labute approximate surface area is 142 Å². The number of benzene rings is 1. The van der Waals surface area contributed by atoms with E-state index in [9.17, 15) is 8.78 Å². The quantitative estimate of drug-likeness (QED) is 0.563. The van der Waals surface area contributed by atoms with Crippen LogP contribution in [0.2, 0.25) is 0 Å². The van der Waals surface area contributed by atoms with Crippen LogP contribution in [0.4, 0.5) is 8.78 Å². The van der Waals surface area contributed by atoms with Gasteiger partial charge in [-0.05, 0) is 33.8 Å². The summed E-state index contributed by atoms with van der Waals surface area (Å²) in [5.74, 6) is 0.363. The summed E-state index contributed by atoms with van der Waals surface area (Å²) in [6.07, 6.45) is -1.89.